The molecule has 1 aliphatic heterocycles. The second-order valence-electron chi connectivity index (χ2n) is 7.17. The van der Waals surface area contributed by atoms with Crippen LogP contribution in [0.4, 0.5) is 5.69 Å². The number of hydrogen-bond donors (Lipinski definition) is 1. The highest BCUT2D eigenvalue weighted by Gasteiger charge is 2.25. The van der Waals surface area contributed by atoms with Crippen molar-refractivity contribution in [3.05, 3.63) is 64.7 Å². The molecule has 5 nitrogen and oxygen atoms in total. The van der Waals surface area contributed by atoms with Crippen molar-refractivity contribution in [2.45, 2.75) is 32.7 Å². The first-order valence-corrected chi connectivity index (χ1v) is 10.6. The largest absolute Gasteiger partial charge is 0.350 e. The molecule has 3 rings (SSSR count). The lowest BCUT2D eigenvalue weighted by atomic mass is 10.0. The van der Waals surface area contributed by atoms with Crippen molar-refractivity contribution in [2.24, 2.45) is 0 Å². The van der Waals surface area contributed by atoms with E-state index >= 15 is 0 Å². The molecule has 0 aliphatic carbocycles. The average Bonchev–Trinajstić information content (AvgIpc) is 3.17. The number of rotatable bonds is 8. The third-order valence-corrected chi connectivity index (χ3v) is 5.79. The number of amides is 2. The van der Waals surface area contributed by atoms with Crippen LogP contribution in [0.3, 0.4) is 0 Å². The molecule has 0 saturated carbocycles. The topological polar surface area (TPSA) is 52.7 Å². The molecule has 1 unspecified atom stereocenters. The highest BCUT2D eigenvalue weighted by Crippen LogP contribution is 2.30. The Morgan fingerprint density at radius 1 is 1.17 bits per heavy atom. The van der Waals surface area contributed by atoms with Crippen LogP contribution in [0.1, 0.15) is 48.7 Å². The van der Waals surface area contributed by atoms with E-state index in [4.69, 9.17) is 11.6 Å². The number of nitrogens with one attached hydrogen (secondary N) is 1. The summed E-state index contributed by atoms with van der Waals surface area (Å²) in [6.07, 6.45) is 1.34. The highest BCUT2D eigenvalue weighted by molar-refractivity contribution is 6.34. The van der Waals surface area contributed by atoms with Crippen LogP contribution in [-0.4, -0.2) is 42.9 Å². The van der Waals surface area contributed by atoms with Crippen LogP contribution in [0.5, 0.6) is 0 Å². The number of hydrogen-bond acceptors (Lipinski definition) is 3. The summed E-state index contributed by atoms with van der Waals surface area (Å²) in [5.74, 6) is -0.113. The van der Waals surface area contributed by atoms with Crippen LogP contribution in [0.25, 0.3) is 0 Å². The van der Waals surface area contributed by atoms with Crippen LogP contribution in [0.2, 0.25) is 5.02 Å². The third-order valence-electron chi connectivity index (χ3n) is 5.47. The molecule has 2 aromatic rings. The Balaban J connectivity index is 1.76. The van der Waals surface area contributed by atoms with Gasteiger partial charge >= 0.3 is 0 Å². The van der Waals surface area contributed by atoms with Gasteiger partial charge in [-0.15, -0.1) is 0 Å². The lowest BCUT2D eigenvalue weighted by Gasteiger charge is -2.30. The SMILES string of the molecule is CCN(CC)C(CNC(=O)c1ccc(Cl)c(N2CCCC2=O)c1)c1ccccc1. The normalized spacial score (nSPS) is 15.0. The Labute approximate surface area is 177 Å². The summed E-state index contributed by atoms with van der Waals surface area (Å²) in [5, 5.41) is 3.56. The molecule has 1 heterocycles. The molecule has 2 aromatic carbocycles. The van der Waals surface area contributed by atoms with Crippen LogP contribution in [0.15, 0.2) is 48.5 Å². The van der Waals surface area contributed by atoms with E-state index in [0.717, 1.165) is 19.5 Å². The molecule has 29 heavy (non-hydrogen) atoms. The molecule has 1 atom stereocenters. The smallest absolute Gasteiger partial charge is 0.251 e. The minimum Gasteiger partial charge on any atom is -0.350 e. The van der Waals surface area contributed by atoms with Crippen LogP contribution < -0.4 is 10.2 Å². The Bertz CT molecular complexity index is 852. The molecule has 2 amide bonds. The second-order valence-corrected chi connectivity index (χ2v) is 7.58. The fourth-order valence-electron chi connectivity index (χ4n) is 3.85. The van der Waals surface area contributed by atoms with Gasteiger partial charge in [-0.25, -0.2) is 0 Å². The second kappa shape index (κ2) is 9.90. The maximum Gasteiger partial charge on any atom is 0.251 e. The number of nitrogens with zero attached hydrogens (tertiary/aromatic N) is 2. The number of carbonyl (C=O) groups is 2. The fraction of sp³-hybridized carbons (Fsp3) is 0.391. The molecular formula is C23H28ClN3O2. The average molecular weight is 414 g/mol. The van der Waals surface area contributed by atoms with Crippen LogP contribution in [-0.2, 0) is 4.79 Å². The third kappa shape index (κ3) is 4.98. The predicted octanol–water partition coefficient (Wildman–Crippen LogP) is 4.28. The van der Waals surface area contributed by atoms with E-state index in [1.54, 1.807) is 23.1 Å². The molecule has 1 N–H and O–H groups in total. The minimum absolute atomic E-state index is 0.0510. The van der Waals surface area contributed by atoms with E-state index in [0.29, 0.717) is 35.8 Å². The van der Waals surface area contributed by atoms with Gasteiger partial charge in [-0.3, -0.25) is 14.5 Å². The van der Waals surface area contributed by atoms with Gasteiger partial charge in [0.15, 0.2) is 0 Å². The molecule has 154 valence electrons. The Kier molecular flexibility index (Phi) is 7.29. The first-order valence-electron chi connectivity index (χ1n) is 10.2. The number of likely N-dealkylation sites (N-methyl/N-ethyl adjacent to an activating group) is 1. The van der Waals surface area contributed by atoms with Crippen molar-refractivity contribution in [1.29, 1.82) is 0 Å². The summed E-state index contributed by atoms with van der Waals surface area (Å²) in [5.41, 5.74) is 2.30. The highest BCUT2D eigenvalue weighted by atomic mass is 35.5. The van der Waals surface area contributed by atoms with Gasteiger partial charge in [0, 0.05) is 25.1 Å². The molecule has 1 saturated heterocycles. The van der Waals surface area contributed by atoms with Crippen molar-refractivity contribution in [3.8, 4) is 0 Å². The zero-order valence-electron chi connectivity index (χ0n) is 17.0. The van der Waals surface area contributed by atoms with Gasteiger partial charge in [0.25, 0.3) is 5.91 Å². The van der Waals surface area contributed by atoms with Crippen molar-refractivity contribution >= 4 is 29.1 Å². The monoisotopic (exact) mass is 413 g/mol. The standard InChI is InChI=1S/C23H28ClN3O2/c1-3-26(4-2)21(17-9-6-5-7-10-17)16-25-23(29)18-12-13-19(24)20(15-18)27-14-8-11-22(27)28/h5-7,9-10,12-13,15,21H,3-4,8,11,14,16H2,1-2H3,(H,25,29). The van der Waals surface area contributed by atoms with Gasteiger partial charge in [0.1, 0.15) is 0 Å². The molecule has 6 heteroatoms. The molecule has 0 spiro atoms. The van der Waals surface area contributed by atoms with Gasteiger partial charge in [0.05, 0.1) is 16.8 Å². The number of benzene rings is 2. The maximum atomic E-state index is 12.9. The Morgan fingerprint density at radius 2 is 1.90 bits per heavy atom. The van der Waals surface area contributed by atoms with E-state index in [1.165, 1.54) is 5.56 Å². The summed E-state index contributed by atoms with van der Waals surface area (Å²) in [4.78, 5) is 28.9. The van der Waals surface area contributed by atoms with Crippen molar-refractivity contribution in [3.63, 3.8) is 0 Å². The van der Waals surface area contributed by atoms with Gasteiger partial charge in [0.2, 0.25) is 5.91 Å². The van der Waals surface area contributed by atoms with E-state index in [1.807, 2.05) is 18.2 Å². The zero-order chi connectivity index (χ0) is 20.8. The van der Waals surface area contributed by atoms with E-state index in [-0.39, 0.29) is 17.9 Å². The minimum atomic E-state index is -0.164. The Morgan fingerprint density at radius 3 is 2.52 bits per heavy atom. The zero-order valence-corrected chi connectivity index (χ0v) is 17.8. The summed E-state index contributed by atoms with van der Waals surface area (Å²) in [6, 6.07) is 15.4. The van der Waals surface area contributed by atoms with Gasteiger partial charge in [-0.05, 0) is 43.3 Å². The summed E-state index contributed by atoms with van der Waals surface area (Å²) in [7, 11) is 0. The van der Waals surface area contributed by atoms with Crippen molar-refractivity contribution in [1.82, 2.24) is 10.2 Å². The molecule has 1 fully saturated rings. The molecule has 0 bridgehead atoms. The maximum absolute atomic E-state index is 12.9. The molecule has 1 aliphatic rings. The first-order chi connectivity index (χ1) is 14.0. The number of anilines is 1. The lowest BCUT2D eigenvalue weighted by molar-refractivity contribution is -0.117. The Hall–Kier alpha value is -2.37. The van der Waals surface area contributed by atoms with Crippen molar-refractivity contribution in [2.75, 3.05) is 31.1 Å². The van der Waals surface area contributed by atoms with Crippen LogP contribution in [0, 0.1) is 0 Å². The molecule has 0 radical (unpaired) electrons. The summed E-state index contributed by atoms with van der Waals surface area (Å²) >= 11 is 6.30. The van der Waals surface area contributed by atoms with Gasteiger partial charge in [-0.2, -0.15) is 0 Å². The van der Waals surface area contributed by atoms with E-state index in [9.17, 15) is 9.59 Å². The first kappa shape index (κ1) is 21.3. The molecular weight excluding hydrogens is 386 g/mol. The van der Waals surface area contributed by atoms with Gasteiger partial charge in [-0.1, -0.05) is 55.8 Å². The summed E-state index contributed by atoms with van der Waals surface area (Å²) in [6.45, 7) is 7.19. The molecule has 0 aromatic heterocycles. The fourth-order valence-corrected chi connectivity index (χ4v) is 4.07. The number of halogens is 1. The quantitative estimate of drug-likeness (QED) is 0.702. The van der Waals surface area contributed by atoms with E-state index < -0.39 is 0 Å². The number of carbonyl (C=O) groups excluding carboxylic acids is 2. The summed E-state index contributed by atoms with van der Waals surface area (Å²) < 4.78 is 0. The lowest BCUT2D eigenvalue weighted by Crippen LogP contribution is -2.38. The predicted molar refractivity (Wildman–Crippen MR) is 117 cm³/mol. The van der Waals surface area contributed by atoms with Crippen LogP contribution >= 0.6 is 11.6 Å². The van der Waals surface area contributed by atoms with E-state index in [2.05, 4.69) is 36.2 Å². The van der Waals surface area contributed by atoms with Gasteiger partial charge < -0.3 is 10.2 Å². The van der Waals surface area contributed by atoms with Crippen molar-refractivity contribution < 1.29 is 9.59 Å².